The van der Waals surface area contributed by atoms with Gasteiger partial charge in [-0.05, 0) is 86.7 Å². The maximum Gasteiger partial charge on any atom is 0.264 e. The molecule has 0 fully saturated rings. The van der Waals surface area contributed by atoms with Crippen molar-refractivity contribution in [3.63, 3.8) is 0 Å². The first-order valence-electron chi connectivity index (χ1n) is 14.5. The highest BCUT2D eigenvalue weighted by molar-refractivity contribution is 7.98. The van der Waals surface area contributed by atoms with Crippen LogP contribution in [-0.4, -0.2) is 57.1 Å². The summed E-state index contributed by atoms with van der Waals surface area (Å²) in [5.41, 5.74) is 0.735. The molecule has 0 heterocycles. The largest absolute Gasteiger partial charge is 0.494 e. The average Bonchev–Trinajstić information content (AvgIpc) is 3.01. The van der Waals surface area contributed by atoms with E-state index in [4.69, 9.17) is 27.9 Å². The number of nitrogens with zero attached hydrogens (tertiary/aromatic N) is 2. The van der Waals surface area contributed by atoms with Crippen molar-refractivity contribution in [1.82, 2.24) is 10.2 Å². The fourth-order valence-electron chi connectivity index (χ4n) is 4.56. The maximum absolute atomic E-state index is 14.3. The Morgan fingerprint density at radius 1 is 0.955 bits per heavy atom. The van der Waals surface area contributed by atoms with E-state index in [1.807, 2.05) is 20.1 Å². The van der Waals surface area contributed by atoms with Crippen LogP contribution >= 0.6 is 35.0 Å². The van der Waals surface area contributed by atoms with E-state index in [1.54, 1.807) is 61.5 Å². The SMILES string of the molecule is CCCCNC(=O)[C@H](CC)N(Cc1c(Cl)cccc1Cl)C(=O)CN(c1ccc(OCC)cc1)S(=O)(=O)c1ccc(SC)cc1. The Kier molecular flexibility index (Phi) is 13.7. The molecule has 3 rings (SSSR count). The van der Waals surface area contributed by atoms with Crippen molar-refractivity contribution < 1.29 is 22.7 Å². The number of carbonyl (C=O) groups excluding carboxylic acids is 2. The molecular formula is C32H39Cl2N3O5S2. The number of halogens is 2. The number of amides is 2. The van der Waals surface area contributed by atoms with Crippen LogP contribution in [0.1, 0.15) is 45.6 Å². The molecule has 0 saturated carbocycles. The molecule has 0 aliphatic heterocycles. The predicted octanol–water partition coefficient (Wildman–Crippen LogP) is 7.03. The Hall–Kier alpha value is -2.92. The van der Waals surface area contributed by atoms with Crippen molar-refractivity contribution in [2.75, 3.05) is 30.3 Å². The van der Waals surface area contributed by atoms with Gasteiger partial charge in [-0.2, -0.15) is 0 Å². The topological polar surface area (TPSA) is 96.0 Å². The van der Waals surface area contributed by atoms with Crippen LogP contribution in [0.25, 0.3) is 0 Å². The third kappa shape index (κ3) is 9.06. The van der Waals surface area contributed by atoms with Crippen LogP contribution in [0, 0.1) is 0 Å². The van der Waals surface area contributed by atoms with Crippen LogP contribution in [0.5, 0.6) is 5.75 Å². The van der Waals surface area contributed by atoms with Gasteiger partial charge in [-0.3, -0.25) is 13.9 Å². The molecular weight excluding hydrogens is 641 g/mol. The lowest BCUT2D eigenvalue weighted by atomic mass is 10.1. The Balaban J connectivity index is 2.08. The summed E-state index contributed by atoms with van der Waals surface area (Å²) in [7, 11) is -4.21. The summed E-state index contributed by atoms with van der Waals surface area (Å²) in [6, 6.07) is 17.1. The zero-order valence-corrected chi connectivity index (χ0v) is 28.5. The van der Waals surface area contributed by atoms with Crippen LogP contribution in [0.2, 0.25) is 10.0 Å². The van der Waals surface area contributed by atoms with E-state index in [0.29, 0.717) is 34.5 Å². The second-order valence-corrected chi connectivity index (χ2v) is 13.5. The lowest BCUT2D eigenvalue weighted by Crippen LogP contribution is -2.52. The molecule has 1 atom stereocenters. The minimum Gasteiger partial charge on any atom is -0.494 e. The van der Waals surface area contributed by atoms with Gasteiger partial charge in [0.25, 0.3) is 10.0 Å². The summed E-state index contributed by atoms with van der Waals surface area (Å²) >= 11 is 14.5. The molecule has 8 nitrogen and oxygen atoms in total. The normalized spacial score (nSPS) is 12.0. The standard InChI is InChI=1S/C32H39Cl2N3O5S2/c1-5-8-20-35-32(39)30(6-2)36(21-27-28(33)10-9-11-29(27)34)31(38)22-37(23-12-14-24(15-13-23)42-7-3)44(40,41)26-18-16-25(43-4)17-19-26/h9-19,30H,5-8,20-22H2,1-4H3,(H,35,39)/t30-/m0/s1. The van der Waals surface area contributed by atoms with Crippen LogP contribution in [0.15, 0.2) is 76.5 Å². The fourth-order valence-corrected chi connectivity index (χ4v) is 6.90. The lowest BCUT2D eigenvalue weighted by molar-refractivity contribution is -0.140. The highest BCUT2D eigenvalue weighted by Gasteiger charge is 2.34. The second kappa shape index (κ2) is 17.0. The molecule has 0 aromatic heterocycles. The first-order chi connectivity index (χ1) is 21.1. The summed E-state index contributed by atoms with van der Waals surface area (Å²) < 4.78 is 34.8. The molecule has 2 amide bonds. The summed E-state index contributed by atoms with van der Waals surface area (Å²) in [5.74, 6) is -0.355. The zero-order valence-electron chi connectivity index (χ0n) is 25.4. The van der Waals surface area contributed by atoms with Crippen molar-refractivity contribution >= 4 is 62.5 Å². The van der Waals surface area contributed by atoms with E-state index in [-0.39, 0.29) is 29.5 Å². The number of unbranched alkanes of at least 4 members (excludes halogenated alkanes) is 1. The molecule has 1 N–H and O–H groups in total. The second-order valence-electron chi connectivity index (χ2n) is 9.90. The van der Waals surface area contributed by atoms with E-state index >= 15 is 0 Å². The van der Waals surface area contributed by atoms with Gasteiger partial charge >= 0.3 is 0 Å². The maximum atomic E-state index is 14.3. The number of hydrogen-bond acceptors (Lipinski definition) is 6. The number of sulfonamides is 1. The van der Waals surface area contributed by atoms with Gasteiger partial charge < -0.3 is 15.0 Å². The monoisotopic (exact) mass is 679 g/mol. The Morgan fingerprint density at radius 2 is 1.59 bits per heavy atom. The summed E-state index contributed by atoms with van der Waals surface area (Å²) in [5, 5.41) is 3.58. The van der Waals surface area contributed by atoms with E-state index in [0.717, 1.165) is 22.0 Å². The van der Waals surface area contributed by atoms with Crippen molar-refractivity contribution in [1.29, 1.82) is 0 Å². The van der Waals surface area contributed by atoms with Crippen LogP contribution in [0.4, 0.5) is 5.69 Å². The summed E-state index contributed by atoms with van der Waals surface area (Å²) in [6.45, 7) is 5.91. The summed E-state index contributed by atoms with van der Waals surface area (Å²) in [4.78, 5) is 29.9. The van der Waals surface area contributed by atoms with E-state index in [1.165, 1.54) is 28.8 Å². The van der Waals surface area contributed by atoms with Crippen molar-refractivity contribution in [2.24, 2.45) is 0 Å². The molecule has 3 aromatic rings. The van der Waals surface area contributed by atoms with Crippen LogP contribution in [0.3, 0.4) is 0 Å². The number of thioether (sulfide) groups is 1. The molecule has 0 saturated heterocycles. The van der Waals surface area contributed by atoms with Gasteiger partial charge in [0.1, 0.15) is 18.3 Å². The molecule has 0 spiro atoms. The molecule has 3 aromatic carbocycles. The van der Waals surface area contributed by atoms with Gasteiger partial charge in [0.15, 0.2) is 0 Å². The molecule has 0 aliphatic rings. The van der Waals surface area contributed by atoms with Gasteiger partial charge in [-0.15, -0.1) is 11.8 Å². The quantitative estimate of drug-likeness (QED) is 0.129. The fraction of sp³-hybridized carbons (Fsp3) is 0.375. The number of benzene rings is 3. The highest BCUT2D eigenvalue weighted by Crippen LogP contribution is 2.30. The molecule has 0 aliphatic carbocycles. The van der Waals surface area contributed by atoms with Gasteiger partial charge in [-0.25, -0.2) is 8.42 Å². The molecule has 0 bridgehead atoms. The minimum absolute atomic E-state index is 0.0297. The van der Waals surface area contributed by atoms with Crippen molar-refractivity contribution in [2.45, 2.75) is 62.4 Å². The molecule has 238 valence electrons. The highest BCUT2D eigenvalue weighted by atomic mass is 35.5. The van der Waals surface area contributed by atoms with Crippen LogP contribution in [-0.2, 0) is 26.2 Å². The third-order valence-electron chi connectivity index (χ3n) is 6.97. The molecule has 12 heteroatoms. The number of hydrogen-bond donors (Lipinski definition) is 1. The lowest BCUT2D eigenvalue weighted by Gasteiger charge is -2.33. The smallest absolute Gasteiger partial charge is 0.264 e. The Labute approximate surface area is 275 Å². The van der Waals surface area contributed by atoms with E-state index in [9.17, 15) is 18.0 Å². The molecule has 44 heavy (non-hydrogen) atoms. The first-order valence-corrected chi connectivity index (χ1v) is 17.9. The van der Waals surface area contributed by atoms with Crippen LogP contribution < -0.4 is 14.4 Å². The number of nitrogens with one attached hydrogen (secondary N) is 1. The third-order valence-corrected chi connectivity index (χ3v) is 10.2. The zero-order chi connectivity index (χ0) is 32.3. The number of anilines is 1. The summed E-state index contributed by atoms with van der Waals surface area (Å²) in [6.07, 6.45) is 3.86. The first kappa shape index (κ1) is 35.6. The van der Waals surface area contributed by atoms with Gasteiger partial charge in [0, 0.05) is 33.6 Å². The minimum atomic E-state index is -4.21. The van der Waals surface area contributed by atoms with Crippen molar-refractivity contribution in [3.05, 3.63) is 82.3 Å². The predicted molar refractivity (Wildman–Crippen MR) is 179 cm³/mol. The Morgan fingerprint density at radius 3 is 2.14 bits per heavy atom. The van der Waals surface area contributed by atoms with Crippen molar-refractivity contribution in [3.8, 4) is 5.75 Å². The van der Waals surface area contributed by atoms with Gasteiger partial charge in [0.05, 0.1) is 17.2 Å². The molecule has 0 radical (unpaired) electrons. The van der Waals surface area contributed by atoms with Gasteiger partial charge in [-0.1, -0.05) is 49.5 Å². The van der Waals surface area contributed by atoms with E-state index < -0.39 is 28.5 Å². The number of ether oxygens (including phenoxy) is 1. The average molecular weight is 681 g/mol. The number of carbonyl (C=O) groups is 2. The van der Waals surface area contributed by atoms with Gasteiger partial charge in [0.2, 0.25) is 11.8 Å². The Bertz CT molecular complexity index is 1480. The van der Waals surface area contributed by atoms with E-state index in [2.05, 4.69) is 5.32 Å². The molecule has 0 unspecified atom stereocenters. The number of rotatable bonds is 16.